The van der Waals surface area contributed by atoms with Crippen LogP contribution in [0.1, 0.15) is 232 Å². The molecule has 0 amide bonds. The van der Waals surface area contributed by atoms with Crippen molar-refractivity contribution in [3.63, 3.8) is 0 Å². The fourth-order valence-corrected chi connectivity index (χ4v) is 14.5. The molecular formula is C60H88N10O10S2. The maximum Gasteiger partial charge on any atom is 0.334 e. The summed E-state index contributed by atoms with van der Waals surface area (Å²) in [6.07, 6.45) is 23.9. The van der Waals surface area contributed by atoms with Crippen LogP contribution in [0.15, 0.2) is 85.8 Å². The number of nitrogens with one attached hydrogen (secondary N) is 2. The van der Waals surface area contributed by atoms with E-state index in [4.69, 9.17) is 9.32 Å². The SMILES string of the molecule is CCCCC(CC)CNOOSc1cc(N=Nc2c(O)n(C3CCCCC3)c(=O)n(C3CCCCC3)c2=O)ccc1-c1ccc(N=Nc2c(O)n(C3CCCCC3)c(=O)n(C3CCCCC3)c2=O)cc1S(=O)(=O)NCC(CC)CCCC. The normalized spacial score (nSPS) is 18.2. The van der Waals surface area contributed by atoms with Gasteiger partial charge in [-0.25, -0.2) is 22.7 Å². The molecule has 0 spiro atoms. The Morgan fingerprint density at radius 3 is 1.41 bits per heavy atom. The first-order valence-electron chi connectivity index (χ1n) is 30.8. The first-order chi connectivity index (χ1) is 39.8. The lowest BCUT2D eigenvalue weighted by Crippen LogP contribution is -2.43. The van der Waals surface area contributed by atoms with Gasteiger partial charge in [-0.15, -0.1) is 19.6 Å². The molecule has 2 heterocycles. The summed E-state index contributed by atoms with van der Waals surface area (Å²) in [5.74, 6) is -0.673. The maximum atomic E-state index is 14.9. The van der Waals surface area contributed by atoms with E-state index >= 15 is 0 Å². The Morgan fingerprint density at radius 2 is 0.976 bits per heavy atom. The second kappa shape index (κ2) is 30.5. The smallest absolute Gasteiger partial charge is 0.334 e. The Hall–Kier alpha value is -5.26. The number of aromatic hydroxyl groups is 2. The summed E-state index contributed by atoms with van der Waals surface area (Å²) in [5, 5.41) is 41.3. The van der Waals surface area contributed by atoms with Gasteiger partial charge >= 0.3 is 11.4 Å². The predicted octanol–water partition coefficient (Wildman–Crippen LogP) is 14.4. The van der Waals surface area contributed by atoms with E-state index in [1.807, 2.05) is 6.92 Å². The number of azo groups is 2. The quantitative estimate of drug-likeness (QED) is 0.0143. The lowest BCUT2D eigenvalue weighted by Gasteiger charge is -2.28. The summed E-state index contributed by atoms with van der Waals surface area (Å²) in [4.78, 5) is 62.8. The molecule has 4 N–H and O–H groups in total. The van der Waals surface area contributed by atoms with Gasteiger partial charge in [-0.1, -0.05) is 155 Å². The van der Waals surface area contributed by atoms with E-state index in [2.05, 4.69) is 51.4 Å². The van der Waals surface area contributed by atoms with Crippen LogP contribution in [0.4, 0.5) is 22.7 Å². The summed E-state index contributed by atoms with van der Waals surface area (Å²) in [6.45, 7) is 9.09. The molecule has 0 bridgehead atoms. The first-order valence-corrected chi connectivity index (χ1v) is 33.1. The summed E-state index contributed by atoms with van der Waals surface area (Å²) in [6, 6.07) is 8.07. The summed E-state index contributed by atoms with van der Waals surface area (Å²) < 4.78 is 43.6. The largest absolute Gasteiger partial charge is 0.493 e. The molecule has 0 radical (unpaired) electrons. The van der Waals surface area contributed by atoms with Gasteiger partial charge < -0.3 is 10.2 Å². The van der Waals surface area contributed by atoms with Gasteiger partial charge in [0.2, 0.25) is 33.2 Å². The average molecular weight is 1170 g/mol. The van der Waals surface area contributed by atoms with Crippen LogP contribution in [-0.4, -0.2) is 50.0 Å². The van der Waals surface area contributed by atoms with Gasteiger partial charge in [-0.2, -0.15) is 15.7 Å². The molecule has 4 aromatic rings. The molecule has 0 saturated heterocycles. The number of hydrogen-bond acceptors (Lipinski definition) is 16. The highest BCUT2D eigenvalue weighted by molar-refractivity contribution is 7.94. The maximum absolute atomic E-state index is 14.9. The van der Waals surface area contributed by atoms with Crippen molar-refractivity contribution >= 4 is 44.8 Å². The topological polar surface area (TPSA) is 255 Å². The monoisotopic (exact) mass is 1170 g/mol. The molecule has 2 atom stereocenters. The number of aromatic nitrogens is 4. The molecule has 4 aliphatic rings. The van der Waals surface area contributed by atoms with Crippen molar-refractivity contribution in [1.29, 1.82) is 0 Å². The lowest BCUT2D eigenvalue weighted by atomic mass is 9.94. The second-order valence-corrected chi connectivity index (χ2v) is 25.7. The average Bonchev–Trinajstić information content (AvgIpc) is 3.44. The fraction of sp³-hybridized carbons (Fsp3) is 0.667. The molecular weight excluding hydrogens is 1080 g/mol. The van der Waals surface area contributed by atoms with Crippen LogP contribution >= 0.6 is 12.0 Å². The highest BCUT2D eigenvalue weighted by Crippen LogP contribution is 2.42. The third-order valence-corrected chi connectivity index (χ3v) is 19.7. The van der Waals surface area contributed by atoms with E-state index in [9.17, 15) is 37.8 Å². The molecule has 2 aromatic carbocycles. The number of unbranched alkanes of at least 4 members (excludes halogenated alkanes) is 2. The summed E-state index contributed by atoms with van der Waals surface area (Å²) in [7, 11) is -4.34. The van der Waals surface area contributed by atoms with Gasteiger partial charge in [0.25, 0.3) is 11.1 Å². The Bertz CT molecular complexity index is 3190. The molecule has 2 aromatic heterocycles. The highest BCUT2D eigenvalue weighted by Gasteiger charge is 2.32. The van der Waals surface area contributed by atoms with E-state index in [-0.39, 0.29) is 69.8 Å². The Kier molecular flexibility index (Phi) is 23.4. The van der Waals surface area contributed by atoms with Gasteiger partial charge in [0.1, 0.15) is 0 Å². The molecule has 22 heteroatoms. The summed E-state index contributed by atoms with van der Waals surface area (Å²) >= 11 is 0.801. The van der Waals surface area contributed by atoms with Crippen molar-refractivity contribution in [2.75, 3.05) is 13.1 Å². The number of sulfonamides is 1. The van der Waals surface area contributed by atoms with E-state index in [0.29, 0.717) is 74.3 Å². The van der Waals surface area contributed by atoms with Crippen molar-refractivity contribution in [3.8, 4) is 22.9 Å². The molecule has 4 saturated carbocycles. The Labute approximate surface area is 486 Å². The zero-order valence-corrected chi connectivity index (χ0v) is 50.3. The minimum atomic E-state index is -4.34. The van der Waals surface area contributed by atoms with Crippen molar-refractivity contribution in [3.05, 3.63) is 78.1 Å². The van der Waals surface area contributed by atoms with E-state index in [1.165, 1.54) is 24.3 Å². The van der Waals surface area contributed by atoms with Gasteiger partial charge in [-0.3, -0.25) is 27.9 Å². The molecule has 4 fully saturated rings. The first kappa shape index (κ1) is 62.8. The molecule has 2 unspecified atom stereocenters. The van der Waals surface area contributed by atoms with Crippen LogP contribution in [-0.2, 0) is 19.3 Å². The van der Waals surface area contributed by atoms with Crippen molar-refractivity contribution < 1.29 is 28.0 Å². The van der Waals surface area contributed by atoms with Gasteiger partial charge in [0.15, 0.2) is 0 Å². The number of hydroxylamine groups is 1. The molecule has 8 rings (SSSR count). The van der Waals surface area contributed by atoms with E-state index in [0.717, 1.165) is 140 Å². The van der Waals surface area contributed by atoms with Gasteiger partial charge in [0, 0.05) is 47.7 Å². The van der Waals surface area contributed by atoms with Crippen LogP contribution in [0, 0.1) is 11.8 Å². The third-order valence-electron chi connectivity index (χ3n) is 17.6. The van der Waals surface area contributed by atoms with Crippen LogP contribution in [0.2, 0.25) is 0 Å². The third kappa shape index (κ3) is 15.3. The van der Waals surface area contributed by atoms with E-state index in [1.54, 1.807) is 30.3 Å². The minimum absolute atomic E-state index is 0.0609. The number of rotatable bonds is 27. The lowest BCUT2D eigenvalue weighted by molar-refractivity contribution is -0.246. The molecule has 0 aliphatic heterocycles. The number of nitrogens with zero attached hydrogens (tertiary/aromatic N) is 8. The minimum Gasteiger partial charge on any atom is -0.493 e. The molecule has 4 aliphatic carbocycles. The van der Waals surface area contributed by atoms with Crippen LogP contribution in [0.25, 0.3) is 11.1 Å². The molecule has 82 heavy (non-hydrogen) atoms. The number of hydrogen-bond donors (Lipinski definition) is 4. The van der Waals surface area contributed by atoms with Gasteiger partial charge in [0.05, 0.1) is 28.3 Å². The van der Waals surface area contributed by atoms with Gasteiger partial charge in [-0.05, 0) is 106 Å². The summed E-state index contributed by atoms with van der Waals surface area (Å²) in [5.41, 5.74) is 0.566. The zero-order valence-electron chi connectivity index (χ0n) is 48.7. The molecule has 450 valence electrons. The second-order valence-electron chi connectivity index (χ2n) is 23.2. The predicted molar refractivity (Wildman–Crippen MR) is 320 cm³/mol. The standard InChI is InChI=1S/C60H88N10O10S2/c1-5-9-23-41(7-3)39-61-79-80-81-51-37-43(63-65-53-55(71)67(45-25-15-11-16-26-45)59(75)68(56(53)72)46-27-17-12-18-28-46)33-35-49(51)50-36-34-44(38-52(50)82(77,78)62-40-42(8-4)24-10-6-2)64-66-54-57(73)69(47-29-19-13-20-30-47)60(76)70(58(54)74)48-31-21-14-22-32-48/h33-38,41-42,45-48,61-62,71,73H,5-32,39-40H2,1-4H3. The Balaban J connectivity index is 1.22. The molecule has 20 nitrogen and oxygen atoms in total. The van der Waals surface area contributed by atoms with Crippen molar-refractivity contribution in [2.45, 2.75) is 241 Å². The van der Waals surface area contributed by atoms with Crippen LogP contribution < -0.4 is 32.7 Å². The number of benzene rings is 2. The fourth-order valence-electron chi connectivity index (χ4n) is 12.6. The van der Waals surface area contributed by atoms with Crippen molar-refractivity contribution in [2.24, 2.45) is 32.3 Å². The van der Waals surface area contributed by atoms with E-state index < -0.39 is 44.3 Å². The van der Waals surface area contributed by atoms with Crippen LogP contribution in [0.3, 0.4) is 0 Å². The highest BCUT2D eigenvalue weighted by atomic mass is 32.2. The zero-order chi connectivity index (χ0) is 58.2. The Morgan fingerprint density at radius 1 is 0.561 bits per heavy atom. The van der Waals surface area contributed by atoms with Crippen molar-refractivity contribution in [1.82, 2.24) is 28.5 Å². The van der Waals surface area contributed by atoms with Crippen LogP contribution in [0.5, 0.6) is 11.8 Å².